The largest absolute Gasteiger partial charge is 0.486 e. The third-order valence-electron chi connectivity index (χ3n) is 5.40. The van der Waals surface area contributed by atoms with Gasteiger partial charge in [0.15, 0.2) is 17.3 Å². The number of rotatable bonds is 4. The van der Waals surface area contributed by atoms with Crippen molar-refractivity contribution in [2.75, 3.05) is 26.3 Å². The molecule has 150 valence electrons. The van der Waals surface area contributed by atoms with Crippen LogP contribution in [0.4, 0.5) is 0 Å². The maximum Gasteiger partial charge on any atom is 0.253 e. The summed E-state index contributed by atoms with van der Waals surface area (Å²) >= 11 is 0. The molecule has 0 aromatic heterocycles. The number of Topliss-reactive ketones (excluding diaryl/α,β-unsaturated/α-hetero) is 1. The van der Waals surface area contributed by atoms with Gasteiger partial charge in [-0.25, -0.2) is 0 Å². The predicted molar refractivity (Wildman–Crippen MR) is 105 cm³/mol. The first-order chi connectivity index (χ1) is 14.0. The van der Waals surface area contributed by atoms with Crippen LogP contribution in [0.25, 0.3) is 0 Å². The van der Waals surface area contributed by atoms with Gasteiger partial charge in [-0.2, -0.15) is 0 Å². The Bertz CT molecular complexity index is 946. The first kappa shape index (κ1) is 19.0. The molecule has 0 spiro atoms. The average molecular weight is 394 g/mol. The van der Waals surface area contributed by atoms with Crippen LogP contribution in [0.15, 0.2) is 42.5 Å². The van der Waals surface area contributed by atoms with Crippen LogP contribution in [0.3, 0.4) is 0 Å². The van der Waals surface area contributed by atoms with E-state index in [2.05, 4.69) is 0 Å². The van der Waals surface area contributed by atoms with Crippen LogP contribution in [-0.2, 0) is 0 Å². The van der Waals surface area contributed by atoms with Crippen LogP contribution >= 0.6 is 0 Å². The SMILES string of the molecule is NC(=O)c1ccc(C(=O)N2CCC(C(=O)c3ccc4c(c3)OCCO4)CC2)cc1. The van der Waals surface area contributed by atoms with Gasteiger partial charge in [0.2, 0.25) is 5.91 Å². The number of benzene rings is 2. The molecule has 7 nitrogen and oxygen atoms in total. The number of ketones is 1. The normalized spacial score (nSPS) is 16.3. The second-order valence-corrected chi connectivity index (χ2v) is 7.23. The van der Waals surface area contributed by atoms with Gasteiger partial charge < -0.3 is 20.1 Å². The molecule has 2 aliphatic heterocycles. The number of fused-ring (bicyclic) bond motifs is 1. The fourth-order valence-corrected chi connectivity index (χ4v) is 3.74. The van der Waals surface area contributed by atoms with E-state index in [1.54, 1.807) is 47.4 Å². The maximum atomic E-state index is 12.9. The number of primary amides is 1. The smallest absolute Gasteiger partial charge is 0.253 e. The molecule has 1 fully saturated rings. The van der Waals surface area contributed by atoms with Crippen LogP contribution in [0.1, 0.15) is 43.9 Å². The van der Waals surface area contributed by atoms with Crippen LogP contribution in [0.5, 0.6) is 11.5 Å². The van der Waals surface area contributed by atoms with Crippen LogP contribution in [0.2, 0.25) is 0 Å². The van der Waals surface area contributed by atoms with E-state index < -0.39 is 5.91 Å². The van der Waals surface area contributed by atoms with Crippen LogP contribution in [-0.4, -0.2) is 48.8 Å². The van der Waals surface area contributed by atoms with E-state index in [9.17, 15) is 14.4 Å². The summed E-state index contributed by atoms with van der Waals surface area (Å²) in [4.78, 5) is 38.5. The number of nitrogens with zero attached hydrogens (tertiary/aromatic N) is 1. The van der Waals surface area contributed by atoms with E-state index in [0.717, 1.165) is 0 Å². The van der Waals surface area contributed by atoms with Gasteiger partial charge in [0.25, 0.3) is 5.91 Å². The second kappa shape index (κ2) is 7.95. The molecular formula is C22H22N2O5. The van der Waals surface area contributed by atoms with Gasteiger partial charge in [-0.15, -0.1) is 0 Å². The molecule has 2 aromatic rings. The molecule has 0 atom stereocenters. The molecule has 1 saturated heterocycles. The Balaban J connectivity index is 1.38. The number of hydrogen-bond donors (Lipinski definition) is 1. The number of likely N-dealkylation sites (tertiary alicyclic amines) is 1. The number of piperidine rings is 1. The minimum Gasteiger partial charge on any atom is -0.486 e. The number of carbonyl (C=O) groups is 3. The zero-order valence-corrected chi connectivity index (χ0v) is 15.9. The van der Waals surface area contributed by atoms with Crippen molar-refractivity contribution in [3.05, 3.63) is 59.2 Å². The van der Waals surface area contributed by atoms with Gasteiger partial charge in [-0.05, 0) is 55.3 Å². The van der Waals surface area contributed by atoms with Crippen molar-refractivity contribution in [1.29, 1.82) is 0 Å². The summed E-state index contributed by atoms with van der Waals surface area (Å²) in [6.07, 6.45) is 1.22. The molecule has 29 heavy (non-hydrogen) atoms. The number of amides is 2. The summed E-state index contributed by atoms with van der Waals surface area (Å²) in [6, 6.07) is 11.6. The zero-order chi connectivity index (χ0) is 20.4. The highest BCUT2D eigenvalue weighted by Crippen LogP contribution is 2.32. The number of ether oxygens (including phenoxy) is 2. The lowest BCUT2D eigenvalue weighted by molar-refractivity contribution is 0.0650. The Morgan fingerprint density at radius 2 is 1.41 bits per heavy atom. The van der Waals surface area contributed by atoms with E-state index in [1.165, 1.54) is 0 Å². The van der Waals surface area contributed by atoms with Gasteiger partial charge in [0, 0.05) is 35.7 Å². The molecule has 2 aromatic carbocycles. The van der Waals surface area contributed by atoms with Gasteiger partial charge >= 0.3 is 0 Å². The van der Waals surface area contributed by atoms with Crippen molar-refractivity contribution in [2.45, 2.75) is 12.8 Å². The number of nitrogens with two attached hydrogens (primary N) is 1. The summed E-state index contributed by atoms with van der Waals surface area (Å²) < 4.78 is 11.1. The van der Waals surface area contributed by atoms with Crippen molar-refractivity contribution >= 4 is 17.6 Å². The topological polar surface area (TPSA) is 98.9 Å². The molecule has 0 aliphatic carbocycles. The number of carbonyl (C=O) groups excluding carboxylic acids is 3. The molecular weight excluding hydrogens is 372 g/mol. The lowest BCUT2D eigenvalue weighted by Crippen LogP contribution is -2.40. The molecule has 2 amide bonds. The molecule has 2 heterocycles. The Labute approximate surface area is 168 Å². The molecule has 0 radical (unpaired) electrons. The monoisotopic (exact) mass is 394 g/mol. The summed E-state index contributed by atoms with van der Waals surface area (Å²) in [7, 11) is 0. The minimum absolute atomic E-state index is 0.0693. The molecule has 2 aliphatic rings. The summed E-state index contributed by atoms with van der Waals surface area (Å²) in [5, 5.41) is 0. The predicted octanol–water partition coefficient (Wildman–Crippen LogP) is 2.29. The van der Waals surface area contributed by atoms with Crippen LogP contribution < -0.4 is 15.2 Å². The van der Waals surface area contributed by atoms with Gasteiger partial charge in [-0.1, -0.05) is 0 Å². The van der Waals surface area contributed by atoms with E-state index in [1.807, 2.05) is 0 Å². The summed E-state index contributed by atoms with van der Waals surface area (Å²) in [5.41, 5.74) is 6.72. The summed E-state index contributed by atoms with van der Waals surface area (Å²) in [6.45, 7) is 2.01. The number of hydrogen-bond acceptors (Lipinski definition) is 5. The molecule has 0 unspecified atom stereocenters. The van der Waals surface area contributed by atoms with Crippen molar-refractivity contribution < 1.29 is 23.9 Å². The van der Waals surface area contributed by atoms with Crippen molar-refractivity contribution in [1.82, 2.24) is 4.90 Å². The average Bonchev–Trinajstić information content (AvgIpc) is 2.78. The standard InChI is InChI=1S/C22H22N2O5/c23-21(26)15-1-3-16(4-2-15)22(27)24-9-7-14(8-10-24)20(25)17-5-6-18-19(13-17)29-12-11-28-18/h1-6,13-14H,7-12H2,(H2,23,26). The fraction of sp³-hybridized carbons (Fsp3) is 0.318. The van der Waals surface area contributed by atoms with Gasteiger partial charge in [0.1, 0.15) is 13.2 Å². The highest BCUT2D eigenvalue weighted by Gasteiger charge is 2.29. The first-order valence-corrected chi connectivity index (χ1v) is 9.66. The second-order valence-electron chi connectivity index (χ2n) is 7.23. The highest BCUT2D eigenvalue weighted by atomic mass is 16.6. The quantitative estimate of drug-likeness (QED) is 0.802. The Morgan fingerprint density at radius 1 is 0.828 bits per heavy atom. The van der Waals surface area contributed by atoms with Crippen molar-refractivity contribution in [2.24, 2.45) is 11.7 Å². The third-order valence-corrected chi connectivity index (χ3v) is 5.40. The van der Waals surface area contributed by atoms with Gasteiger partial charge in [-0.3, -0.25) is 14.4 Å². The Hall–Kier alpha value is -3.35. The fourth-order valence-electron chi connectivity index (χ4n) is 3.74. The van der Waals surface area contributed by atoms with Crippen molar-refractivity contribution in [3.63, 3.8) is 0 Å². The lowest BCUT2D eigenvalue weighted by atomic mass is 9.88. The first-order valence-electron chi connectivity index (χ1n) is 9.66. The molecule has 7 heteroatoms. The van der Waals surface area contributed by atoms with Crippen LogP contribution in [0, 0.1) is 5.92 Å². The highest BCUT2D eigenvalue weighted by molar-refractivity contribution is 5.99. The third kappa shape index (κ3) is 3.94. The molecule has 2 N–H and O–H groups in total. The van der Waals surface area contributed by atoms with E-state index >= 15 is 0 Å². The zero-order valence-electron chi connectivity index (χ0n) is 15.9. The Kier molecular flexibility index (Phi) is 5.20. The lowest BCUT2D eigenvalue weighted by Gasteiger charge is -2.31. The van der Waals surface area contributed by atoms with Gasteiger partial charge in [0.05, 0.1) is 0 Å². The Morgan fingerprint density at radius 3 is 2.07 bits per heavy atom. The van der Waals surface area contributed by atoms with Crippen molar-refractivity contribution in [3.8, 4) is 11.5 Å². The minimum atomic E-state index is -0.525. The van der Waals surface area contributed by atoms with E-state index in [0.29, 0.717) is 67.3 Å². The van der Waals surface area contributed by atoms with E-state index in [4.69, 9.17) is 15.2 Å². The molecule has 0 saturated carbocycles. The van der Waals surface area contributed by atoms with E-state index in [-0.39, 0.29) is 17.6 Å². The molecule has 0 bridgehead atoms. The molecule has 4 rings (SSSR count). The summed E-state index contributed by atoms with van der Waals surface area (Å²) in [5.74, 6) is 0.581. The maximum absolute atomic E-state index is 12.9.